The summed E-state index contributed by atoms with van der Waals surface area (Å²) in [4.78, 5) is 12.6. The van der Waals surface area contributed by atoms with Crippen molar-refractivity contribution in [3.05, 3.63) is 48.0 Å². The lowest BCUT2D eigenvalue weighted by Gasteiger charge is -2.21. The monoisotopic (exact) mass is 240 g/mol. The Bertz CT molecular complexity index is 563. The minimum atomic E-state index is 0.129. The van der Waals surface area contributed by atoms with Gasteiger partial charge in [-0.25, -0.2) is 0 Å². The van der Waals surface area contributed by atoms with Gasteiger partial charge in [-0.15, -0.1) is 0 Å². The highest BCUT2D eigenvalue weighted by atomic mass is 16.5. The standard InChI is InChI=1S/C16H16O2/c17-16(13-8-10-18-11-9-13)15-7-3-5-12-4-1-2-6-14(12)15/h1-7,13H,8-11H2. The van der Waals surface area contributed by atoms with Crippen molar-refractivity contribution in [2.75, 3.05) is 13.2 Å². The van der Waals surface area contributed by atoms with Crippen molar-refractivity contribution in [2.24, 2.45) is 5.92 Å². The Morgan fingerprint density at radius 2 is 1.72 bits per heavy atom. The van der Waals surface area contributed by atoms with E-state index in [9.17, 15) is 4.79 Å². The molecule has 2 aromatic carbocycles. The summed E-state index contributed by atoms with van der Waals surface area (Å²) < 4.78 is 5.32. The molecular formula is C16H16O2. The van der Waals surface area contributed by atoms with Gasteiger partial charge in [0.15, 0.2) is 5.78 Å². The third kappa shape index (κ3) is 2.04. The summed E-state index contributed by atoms with van der Waals surface area (Å²) in [6, 6.07) is 14.0. The zero-order valence-corrected chi connectivity index (χ0v) is 10.3. The maximum atomic E-state index is 12.6. The molecule has 1 aliphatic heterocycles. The third-order valence-electron chi connectivity index (χ3n) is 3.65. The third-order valence-corrected chi connectivity index (χ3v) is 3.65. The van der Waals surface area contributed by atoms with Gasteiger partial charge in [0.1, 0.15) is 0 Å². The number of ether oxygens (including phenoxy) is 1. The molecule has 2 heteroatoms. The van der Waals surface area contributed by atoms with E-state index in [4.69, 9.17) is 4.74 Å². The maximum absolute atomic E-state index is 12.6. The van der Waals surface area contributed by atoms with Gasteiger partial charge in [-0.05, 0) is 23.6 Å². The van der Waals surface area contributed by atoms with Gasteiger partial charge >= 0.3 is 0 Å². The Balaban J connectivity index is 2.00. The molecule has 0 radical (unpaired) electrons. The first-order valence-corrected chi connectivity index (χ1v) is 6.46. The first kappa shape index (κ1) is 11.4. The van der Waals surface area contributed by atoms with Crippen molar-refractivity contribution < 1.29 is 9.53 Å². The van der Waals surface area contributed by atoms with Crippen molar-refractivity contribution in [2.45, 2.75) is 12.8 Å². The number of carbonyl (C=O) groups is 1. The van der Waals surface area contributed by atoms with E-state index in [1.807, 2.05) is 30.3 Å². The second-order valence-corrected chi connectivity index (χ2v) is 4.78. The Kier molecular flexibility index (Phi) is 3.11. The molecule has 1 saturated heterocycles. The van der Waals surface area contributed by atoms with Crippen LogP contribution in [0.4, 0.5) is 0 Å². The molecule has 0 unspecified atom stereocenters. The van der Waals surface area contributed by atoms with E-state index in [1.54, 1.807) is 0 Å². The molecule has 2 aromatic rings. The Labute approximate surface area is 107 Å². The van der Waals surface area contributed by atoms with Crippen LogP contribution in [0.15, 0.2) is 42.5 Å². The first-order valence-electron chi connectivity index (χ1n) is 6.46. The Morgan fingerprint density at radius 3 is 2.56 bits per heavy atom. The van der Waals surface area contributed by atoms with E-state index in [2.05, 4.69) is 12.1 Å². The fourth-order valence-corrected chi connectivity index (χ4v) is 2.62. The van der Waals surface area contributed by atoms with Gasteiger partial charge in [-0.2, -0.15) is 0 Å². The largest absolute Gasteiger partial charge is 0.381 e. The van der Waals surface area contributed by atoms with Gasteiger partial charge in [-0.1, -0.05) is 42.5 Å². The molecule has 1 aliphatic rings. The summed E-state index contributed by atoms with van der Waals surface area (Å²) in [6.45, 7) is 1.42. The number of hydrogen-bond acceptors (Lipinski definition) is 2. The minimum Gasteiger partial charge on any atom is -0.381 e. The van der Waals surface area contributed by atoms with Gasteiger partial charge in [-0.3, -0.25) is 4.79 Å². The van der Waals surface area contributed by atoms with Crippen LogP contribution in [0.5, 0.6) is 0 Å². The molecule has 0 N–H and O–H groups in total. The van der Waals surface area contributed by atoms with E-state index in [-0.39, 0.29) is 11.7 Å². The molecular weight excluding hydrogens is 224 g/mol. The van der Waals surface area contributed by atoms with Crippen LogP contribution >= 0.6 is 0 Å². The fourth-order valence-electron chi connectivity index (χ4n) is 2.62. The molecule has 3 rings (SSSR count). The second-order valence-electron chi connectivity index (χ2n) is 4.78. The van der Waals surface area contributed by atoms with Crippen molar-refractivity contribution in [3.63, 3.8) is 0 Å². The molecule has 0 atom stereocenters. The van der Waals surface area contributed by atoms with Crippen LogP contribution in [-0.2, 0) is 4.74 Å². The fraction of sp³-hybridized carbons (Fsp3) is 0.312. The number of rotatable bonds is 2. The lowest BCUT2D eigenvalue weighted by atomic mass is 9.89. The quantitative estimate of drug-likeness (QED) is 0.751. The number of benzene rings is 2. The minimum absolute atomic E-state index is 0.129. The van der Waals surface area contributed by atoms with Crippen LogP contribution in [0.2, 0.25) is 0 Å². The van der Waals surface area contributed by atoms with Crippen molar-refractivity contribution >= 4 is 16.6 Å². The van der Waals surface area contributed by atoms with Gasteiger partial charge in [0.2, 0.25) is 0 Å². The lowest BCUT2D eigenvalue weighted by molar-refractivity contribution is 0.0546. The van der Waals surface area contributed by atoms with Gasteiger partial charge in [0.05, 0.1) is 0 Å². The van der Waals surface area contributed by atoms with Crippen LogP contribution in [0, 0.1) is 5.92 Å². The smallest absolute Gasteiger partial charge is 0.166 e. The molecule has 1 fully saturated rings. The lowest BCUT2D eigenvalue weighted by Crippen LogP contribution is -2.23. The van der Waals surface area contributed by atoms with Crippen LogP contribution < -0.4 is 0 Å². The number of fused-ring (bicyclic) bond motifs is 1. The highest BCUT2D eigenvalue weighted by molar-refractivity contribution is 6.09. The molecule has 2 nitrogen and oxygen atoms in total. The normalized spacial score (nSPS) is 16.9. The summed E-state index contributed by atoms with van der Waals surface area (Å²) in [5.74, 6) is 0.402. The molecule has 0 saturated carbocycles. The molecule has 0 aliphatic carbocycles. The van der Waals surface area contributed by atoms with Gasteiger partial charge in [0.25, 0.3) is 0 Å². The predicted molar refractivity (Wildman–Crippen MR) is 71.8 cm³/mol. The Hall–Kier alpha value is -1.67. The number of carbonyl (C=O) groups excluding carboxylic acids is 1. The van der Waals surface area contributed by atoms with Crippen LogP contribution in [0.1, 0.15) is 23.2 Å². The summed E-state index contributed by atoms with van der Waals surface area (Å²) in [5, 5.41) is 2.20. The SMILES string of the molecule is O=C(c1cccc2ccccc12)C1CCOCC1. The molecule has 18 heavy (non-hydrogen) atoms. The molecule has 1 heterocycles. The van der Waals surface area contributed by atoms with E-state index < -0.39 is 0 Å². The molecule has 92 valence electrons. The molecule has 0 bridgehead atoms. The molecule has 0 amide bonds. The average molecular weight is 240 g/mol. The second kappa shape index (κ2) is 4.91. The molecule has 0 spiro atoms. The van der Waals surface area contributed by atoms with Crippen molar-refractivity contribution in [1.29, 1.82) is 0 Å². The zero-order valence-electron chi connectivity index (χ0n) is 10.3. The first-order chi connectivity index (χ1) is 8.86. The highest BCUT2D eigenvalue weighted by Crippen LogP contribution is 2.25. The maximum Gasteiger partial charge on any atom is 0.166 e. The number of ketones is 1. The van der Waals surface area contributed by atoms with E-state index in [0.717, 1.165) is 29.2 Å². The Morgan fingerprint density at radius 1 is 1.00 bits per heavy atom. The summed E-state index contributed by atoms with van der Waals surface area (Å²) in [7, 11) is 0. The van der Waals surface area contributed by atoms with E-state index in [1.165, 1.54) is 0 Å². The topological polar surface area (TPSA) is 26.3 Å². The van der Waals surface area contributed by atoms with Crippen molar-refractivity contribution in [1.82, 2.24) is 0 Å². The predicted octanol–water partition coefficient (Wildman–Crippen LogP) is 3.45. The van der Waals surface area contributed by atoms with E-state index >= 15 is 0 Å². The summed E-state index contributed by atoms with van der Waals surface area (Å²) in [6.07, 6.45) is 1.70. The highest BCUT2D eigenvalue weighted by Gasteiger charge is 2.23. The van der Waals surface area contributed by atoms with Crippen LogP contribution in [0.3, 0.4) is 0 Å². The van der Waals surface area contributed by atoms with Crippen molar-refractivity contribution in [3.8, 4) is 0 Å². The number of Topliss-reactive ketones (excluding diaryl/α,β-unsaturated/α-hetero) is 1. The van der Waals surface area contributed by atoms with Crippen LogP contribution in [0.25, 0.3) is 10.8 Å². The van der Waals surface area contributed by atoms with E-state index in [0.29, 0.717) is 13.2 Å². The van der Waals surface area contributed by atoms with Crippen LogP contribution in [-0.4, -0.2) is 19.0 Å². The van der Waals surface area contributed by atoms with Gasteiger partial charge in [0, 0.05) is 24.7 Å². The van der Waals surface area contributed by atoms with Gasteiger partial charge < -0.3 is 4.74 Å². The molecule has 0 aromatic heterocycles. The average Bonchev–Trinajstić information content (AvgIpc) is 2.47. The summed E-state index contributed by atoms with van der Waals surface area (Å²) >= 11 is 0. The zero-order chi connectivity index (χ0) is 12.4. The summed E-state index contributed by atoms with van der Waals surface area (Å²) in [5.41, 5.74) is 0.861. The number of hydrogen-bond donors (Lipinski definition) is 0.